The predicted molar refractivity (Wildman–Crippen MR) is 100 cm³/mol. The lowest BCUT2D eigenvalue weighted by Gasteiger charge is -2.26. The van der Waals surface area contributed by atoms with Gasteiger partial charge in [-0.25, -0.2) is 4.39 Å². The van der Waals surface area contributed by atoms with Crippen LogP contribution < -0.4 is 10.9 Å². The van der Waals surface area contributed by atoms with E-state index in [4.69, 9.17) is 0 Å². The molecule has 0 radical (unpaired) electrons. The summed E-state index contributed by atoms with van der Waals surface area (Å²) in [4.78, 5) is 38.4. The van der Waals surface area contributed by atoms with Crippen molar-refractivity contribution in [3.63, 3.8) is 0 Å². The van der Waals surface area contributed by atoms with Gasteiger partial charge < -0.3 is 5.32 Å². The van der Waals surface area contributed by atoms with E-state index in [9.17, 15) is 18.8 Å². The smallest absolute Gasteiger partial charge is 0.251 e. The SMILES string of the molecule is Cc1ccc(=O)n(C(C(=O)NC2CCCCC2)C(=O)c2ccc(F)cc2)c1. The van der Waals surface area contributed by atoms with Gasteiger partial charge in [0.15, 0.2) is 11.8 Å². The molecule has 2 aromatic rings. The maximum Gasteiger partial charge on any atom is 0.251 e. The monoisotopic (exact) mass is 370 g/mol. The Morgan fingerprint density at radius 1 is 1.07 bits per heavy atom. The normalized spacial score (nSPS) is 15.9. The number of aryl methyl sites for hydroxylation is 1. The van der Waals surface area contributed by atoms with Gasteiger partial charge in [0.2, 0.25) is 0 Å². The highest BCUT2D eigenvalue weighted by atomic mass is 19.1. The number of Topliss-reactive ketones (excluding diaryl/α,β-unsaturated/α-hetero) is 1. The molecule has 1 saturated carbocycles. The molecule has 0 spiro atoms. The number of carbonyl (C=O) groups excluding carboxylic acids is 2. The van der Waals surface area contributed by atoms with Crippen LogP contribution in [0, 0.1) is 12.7 Å². The molecule has 6 heteroatoms. The zero-order valence-corrected chi connectivity index (χ0v) is 15.3. The molecule has 0 aliphatic heterocycles. The molecule has 1 fully saturated rings. The van der Waals surface area contributed by atoms with Gasteiger partial charge in [-0.05, 0) is 49.6 Å². The molecular weight excluding hydrogens is 347 g/mol. The first-order valence-electron chi connectivity index (χ1n) is 9.24. The predicted octanol–water partition coefficient (Wildman–Crippen LogP) is 3.17. The summed E-state index contributed by atoms with van der Waals surface area (Å²) >= 11 is 0. The summed E-state index contributed by atoms with van der Waals surface area (Å²) in [6.07, 6.45) is 6.45. The largest absolute Gasteiger partial charge is 0.351 e. The molecular formula is C21H23FN2O3. The lowest BCUT2D eigenvalue weighted by molar-refractivity contribution is -0.124. The summed E-state index contributed by atoms with van der Waals surface area (Å²) in [5, 5.41) is 2.93. The molecule has 1 aliphatic carbocycles. The van der Waals surface area contributed by atoms with Gasteiger partial charge in [0.25, 0.3) is 11.5 Å². The molecule has 5 nitrogen and oxygen atoms in total. The molecule has 0 bridgehead atoms. The van der Waals surface area contributed by atoms with Gasteiger partial charge in [-0.15, -0.1) is 0 Å². The van der Waals surface area contributed by atoms with E-state index in [1.807, 2.05) is 0 Å². The molecule has 1 aliphatic rings. The second-order valence-corrected chi connectivity index (χ2v) is 7.07. The standard InChI is InChI=1S/C21H23FN2O3/c1-14-7-12-18(25)24(13-14)19(20(26)15-8-10-16(22)11-9-15)21(27)23-17-5-3-2-4-6-17/h7-13,17,19H,2-6H2,1H3,(H,23,27). The average Bonchev–Trinajstić information content (AvgIpc) is 2.66. The molecule has 1 heterocycles. The van der Waals surface area contributed by atoms with Crippen molar-refractivity contribution >= 4 is 11.7 Å². The fourth-order valence-corrected chi connectivity index (χ4v) is 3.49. The zero-order valence-electron chi connectivity index (χ0n) is 15.3. The highest BCUT2D eigenvalue weighted by Gasteiger charge is 2.32. The number of halogens is 1. The highest BCUT2D eigenvalue weighted by molar-refractivity contribution is 6.11. The van der Waals surface area contributed by atoms with Crippen molar-refractivity contribution in [3.05, 3.63) is 69.9 Å². The van der Waals surface area contributed by atoms with E-state index in [0.717, 1.165) is 37.7 Å². The lowest BCUT2D eigenvalue weighted by atomic mass is 9.94. The van der Waals surface area contributed by atoms with Crippen molar-refractivity contribution in [1.29, 1.82) is 0 Å². The van der Waals surface area contributed by atoms with Gasteiger partial charge in [-0.1, -0.05) is 25.3 Å². The van der Waals surface area contributed by atoms with Gasteiger partial charge in [0.1, 0.15) is 5.82 Å². The first-order chi connectivity index (χ1) is 13.0. The van der Waals surface area contributed by atoms with E-state index in [1.54, 1.807) is 13.0 Å². The number of amides is 1. The second-order valence-electron chi connectivity index (χ2n) is 7.07. The first kappa shape index (κ1) is 19.0. The Morgan fingerprint density at radius 2 is 1.74 bits per heavy atom. The fraction of sp³-hybridized carbons (Fsp3) is 0.381. The second kappa shape index (κ2) is 8.29. The average molecular weight is 370 g/mol. The summed E-state index contributed by atoms with van der Waals surface area (Å²) in [5.41, 5.74) is 0.519. The summed E-state index contributed by atoms with van der Waals surface area (Å²) in [6, 6.07) is 6.68. The minimum atomic E-state index is -1.32. The Morgan fingerprint density at radius 3 is 2.41 bits per heavy atom. The number of hydrogen-bond acceptors (Lipinski definition) is 3. The molecule has 1 unspecified atom stereocenters. The van der Waals surface area contributed by atoms with Crippen LogP contribution >= 0.6 is 0 Å². The van der Waals surface area contributed by atoms with Crippen LogP contribution in [0.15, 0.2) is 47.4 Å². The van der Waals surface area contributed by atoms with Gasteiger partial charge in [0.05, 0.1) is 0 Å². The van der Waals surface area contributed by atoms with Crippen LogP contribution in [0.25, 0.3) is 0 Å². The van der Waals surface area contributed by atoms with E-state index in [2.05, 4.69) is 5.32 Å². The van der Waals surface area contributed by atoms with Crippen molar-refractivity contribution in [2.24, 2.45) is 0 Å². The number of nitrogens with zero attached hydrogens (tertiary/aromatic N) is 1. The Balaban J connectivity index is 1.96. The maximum atomic E-state index is 13.2. The van der Waals surface area contributed by atoms with Gasteiger partial charge >= 0.3 is 0 Å². The van der Waals surface area contributed by atoms with E-state index in [1.165, 1.54) is 41.1 Å². The summed E-state index contributed by atoms with van der Waals surface area (Å²) in [7, 11) is 0. The number of nitrogens with one attached hydrogen (secondary N) is 1. The third-order valence-corrected chi connectivity index (χ3v) is 4.94. The number of pyridine rings is 1. The maximum absolute atomic E-state index is 13.2. The topological polar surface area (TPSA) is 68.2 Å². The summed E-state index contributed by atoms with van der Waals surface area (Å²) in [5.74, 6) is -1.50. The Bertz CT molecular complexity index is 883. The Kier molecular flexibility index (Phi) is 5.84. The van der Waals surface area contributed by atoms with Crippen LogP contribution in [0.1, 0.15) is 54.1 Å². The highest BCUT2D eigenvalue weighted by Crippen LogP contribution is 2.20. The minimum Gasteiger partial charge on any atom is -0.351 e. The van der Waals surface area contributed by atoms with E-state index in [-0.39, 0.29) is 11.6 Å². The number of aromatic nitrogens is 1. The molecule has 1 aromatic heterocycles. The van der Waals surface area contributed by atoms with Gasteiger partial charge in [-0.2, -0.15) is 0 Å². The third kappa shape index (κ3) is 4.51. The lowest BCUT2D eigenvalue weighted by Crippen LogP contribution is -2.45. The Labute approximate surface area is 157 Å². The first-order valence-corrected chi connectivity index (χ1v) is 9.24. The van der Waals surface area contributed by atoms with Crippen LogP contribution in [-0.2, 0) is 4.79 Å². The van der Waals surface area contributed by atoms with E-state index < -0.39 is 29.1 Å². The van der Waals surface area contributed by atoms with E-state index in [0.29, 0.717) is 0 Å². The molecule has 0 saturated heterocycles. The summed E-state index contributed by atoms with van der Waals surface area (Å²) in [6.45, 7) is 1.79. The quantitative estimate of drug-likeness (QED) is 0.649. The molecule has 3 rings (SSSR count). The van der Waals surface area contributed by atoms with Crippen LogP contribution in [0.5, 0.6) is 0 Å². The molecule has 1 amide bonds. The zero-order chi connectivity index (χ0) is 19.4. The van der Waals surface area contributed by atoms with Gasteiger partial charge in [-0.3, -0.25) is 19.0 Å². The number of benzene rings is 1. The molecule has 1 aromatic carbocycles. The van der Waals surface area contributed by atoms with Crippen LogP contribution in [0.3, 0.4) is 0 Å². The van der Waals surface area contributed by atoms with Crippen molar-refractivity contribution in [2.75, 3.05) is 0 Å². The molecule has 1 atom stereocenters. The van der Waals surface area contributed by atoms with Crippen LogP contribution in [0.4, 0.5) is 4.39 Å². The van der Waals surface area contributed by atoms with Crippen molar-refractivity contribution in [3.8, 4) is 0 Å². The number of rotatable bonds is 5. The Hall–Kier alpha value is -2.76. The van der Waals surface area contributed by atoms with Crippen LogP contribution in [0.2, 0.25) is 0 Å². The van der Waals surface area contributed by atoms with Crippen molar-refractivity contribution in [2.45, 2.75) is 51.1 Å². The minimum absolute atomic E-state index is 0.00952. The number of hydrogen-bond donors (Lipinski definition) is 1. The van der Waals surface area contributed by atoms with Gasteiger partial charge in [0, 0.05) is 23.9 Å². The van der Waals surface area contributed by atoms with Crippen LogP contribution in [-0.4, -0.2) is 22.3 Å². The molecule has 1 N–H and O–H groups in total. The third-order valence-electron chi connectivity index (χ3n) is 4.94. The van der Waals surface area contributed by atoms with E-state index >= 15 is 0 Å². The van der Waals surface area contributed by atoms with Crippen molar-refractivity contribution < 1.29 is 14.0 Å². The summed E-state index contributed by atoms with van der Waals surface area (Å²) < 4.78 is 14.4. The number of carbonyl (C=O) groups is 2. The number of ketones is 1. The molecule has 142 valence electrons. The fourth-order valence-electron chi connectivity index (χ4n) is 3.49. The van der Waals surface area contributed by atoms with Crippen molar-refractivity contribution in [1.82, 2.24) is 9.88 Å². The molecule has 27 heavy (non-hydrogen) atoms.